The van der Waals surface area contributed by atoms with Crippen LogP contribution in [-0.2, 0) is 11.8 Å². The van der Waals surface area contributed by atoms with Crippen molar-refractivity contribution in [2.24, 2.45) is 18.9 Å². The molecule has 3 aromatic heterocycles. The summed E-state index contributed by atoms with van der Waals surface area (Å²) in [4.78, 5) is 30.7. The number of hydrogen-bond donors (Lipinski definition) is 3. The zero-order chi connectivity index (χ0) is 25.3. The van der Waals surface area contributed by atoms with Gasteiger partial charge >= 0.3 is 0 Å². The monoisotopic (exact) mass is 440 g/mol. The Morgan fingerprint density at radius 2 is 2.16 bits per heavy atom. The first-order valence-corrected chi connectivity index (χ1v) is 9.73. The van der Waals surface area contributed by atoms with Gasteiger partial charge in [0.2, 0.25) is 5.91 Å². The number of nitrogens with zero attached hydrogens (tertiary/aromatic N) is 6. The van der Waals surface area contributed by atoms with Crippen LogP contribution in [-0.4, -0.2) is 56.1 Å². The third kappa shape index (κ3) is 4.19. The van der Waals surface area contributed by atoms with Crippen LogP contribution in [0.25, 0.3) is 11.3 Å². The molecule has 166 valence electrons. The van der Waals surface area contributed by atoms with Crippen molar-refractivity contribution in [3.63, 3.8) is 0 Å². The zero-order valence-electron chi connectivity index (χ0n) is 20.6. The first-order chi connectivity index (χ1) is 16.6. The van der Waals surface area contributed by atoms with Crippen molar-refractivity contribution in [1.82, 2.24) is 35.5 Å². The zero-order valence-corrected chi connectivity index (χ0v) is 17.6. The molecule has 2 atom stereocenters. The van der Waals surface area contributed by atoms with Crippen molar-refractivity contribution < 1.29 is 18.4 Å². The van der Waals surface area contributed by atoms with Crippen molar-refractivity contribution in [1.29, 1.82) is 0 Å². The van der Waals surface area contributed by atoms with Crippen molar-refractivity contribution >= 4 is 29.1 Å². The maximum atomic E-state index is 12.6. The Morgan fingerprint density at radius 3 is 2.81 bits per heavy atom. The predicted octanol–water partition coefficient (Wildman–Crippen LogP) is 1.37. The first kappa shape index (κ1) is 17.6. The number of rotatable bonds is 7. The number of pyridine rings is 1. The highest BCUT2D eigenvalue weighted by molar-refractivity contribution is 6.00. The van der Waals surface area contributed by atoms with Crippen LogP contribution in [0.3, 0.4) is 0 Å². The molecule has 4 rings (SSSR count). The molecule has 3 N–H and O–H groups in total. The fraction of sp³-hybridized carbons (Fsp3) is 0.350. The Bertz CT molecular complexity index is 1280. The van der Waals surface area contributed by atoms with Crippen molar-refractivity contribution in [3.05, 3.63) is 30.2 Å². The van der Waals surface area contributed by atoms with E-state index in [1.165, 1.54) is 24.2 Å². The van der Waals surface area contributed by atoms with Crippen LogP contribution in [0.1, 0.15) is 27.9 Å². The highest BCUT2D eigenvalue weighted by atomic mass is 16.5. The molecule has 0 spiro atoms. The normalized spacial score (nSPS) is 18.7. The van der Waals surface area contributed by atoms with E-state index in [0.717, 1.165) is 6.42 Å². The molecule has 1 aliphatic carbocycles. The summed E-state index contributed by atoms with van der Waals surface area (Å²) in [5.41, 5.74) is 0.843. The Labute approximate surface area is 188 Å². The molecule has 12 nitrogen and oxygen atoms in total. The quantitative estimate of drug-likeness (QED) is 0.495. The van der Waals surface area contributed by atoms with E-state index in [1.54, 1.807) is 19.3 Å². The Kier molecular flexibility index (Phi) is 4.71. The fourth-order valence-corrected chi connectivity index (χ4v) is 3.22. The minimum Gasteiger partial charge on any atom is -0.492 e. The molecule has 0 saturated heterocycles. The average molecular weight is 440 g/mol. The molecule has 12 heteroatoms. The lowest BCUT2D eigenvalue weighted by Crippen LogP contribution is -2.22. The standard InChI is InChI=1S/C20H23N9O3/c1-10-7-12(10)19(30)25-15-8-13(16(27-26-15)20(31)21-2)24-18-17(32-4)11(5-6-22-18)14-9-23-29(3)28-14/h5-6,8-10,12H,7H2,1-4H3,(H,21,31)(H2,22,24,25,26,30)/t10-,12-/m0/s1/i2D3. The molecule has 0 unspecified atom stereocenters. The van der Waals surface area contributed by atoms with Crippen LogP contribution in [0.15, 0.2) is 24.5 Å². The summed E-state index contributed by atoms with van der Waals surface area (Å²) < 4.78 is 27.5. The number of carbonyl (C=O) groups excluding carboxylic acids is 2. The van der Waals surface area contributed by atoms with Gasteiger partial charge in [0.05, 0.1) is 24.6 Å². The molecule has 1 aliphatic rings. The van der Waals surface area contributed by atoms with E-state index in [2.05, 4.69) is 36.0 Å². The van der Waals surface area contributed by atoms with Gasteiger partial charge in [0.1, 0.15) is 5.69 Å². The summed E-state index contributed by atoms with van der Waals surface area (Å²) in [6.45, 7) is -0.778. The number of amides is 2. The van der Waals surface area contributed by atoms with Gasteiger partial charge in [0, 0.05) is 36.3 Å². The van der Waals surface area contributed by atoms with Gasteiger partial charge in [-0.1, -0.05) is 6.92 Å². The summed E-state index contributed by atoms with van der Waals surface area (Å²) in [5, 5.41) is 23.6. The van der Waals surface area contributed by atoms with Gasteiger partial charge in [-0.15, -0.1) is 10.2 Å². The molecule has 0 bridgehead atoms. The van der Waals surface area contributed by atoms with Crippen molar-refractivity contribution in [3.8, 4) is 17.0 Å². The fourth-order valence-electron chi connectivity index (χ4n) is 3.22. The molecular weight excluding hydrogens is 414 g/mol. The maximum Gasteiger partial charge on any atom is 0.273 e. The second-order valence-corrected chi connectivity index (χ2v) is 7.34. The van der Waals surface area contributed by atoms with E-state index in [-0.39, 0.29) is 40.8 Å². The van der Waals surface area contributed by atoms with Gasteiger partial charge in [-0.25, -0.2) is 4.98 Å². The predicted molar refractivity (Wildman–Crippen MR) is 115 cm³/mol. The number of nitrogens with one attached hydrogen (secondary N) is 3. The summed E-state index contributed by atoms with van der Waals surface area (Å²) in [5.74, 6) is -0.454. The second-order valence-electron chi connectivity index (χ2n) is 7.34. The van der Waals surface area contributed by atoms with E-state index in [1.807, 2.05) is 12.2 Å². The molecule has 32 heavy (non-hydrogen) atoms. The first-order valence-electron chi connectivity index (χ1n) is 11.2. The van der Waals surface area contributed by atoms with Gasteiger partial charge in [-0.3, -0.25) is 9.59 Å². The van der Waals surface area contributed by atoms with Gasteiger partial charge in [-0.05, 0) is 18.4 Å². The smallest absolute Gasteiger partial charge is 0.273 e. The van der Waals surface area contributed by atoms with Crippen molar-refractivity contribution in [2.75, 3.05) is 24.7 Å². The average Bonchev–Trinajstić information content (AvgIpc) is 3.36. The second kappa shape index (κ2) is 8.57. The highest BCUT2D eigenvalue weighted by Gasteiger charge is 2.39. The molecule has 0 radical (unpaired) electrons. The minimum absolute atomic E-state index is 0.0583. The molecular formula is C20H23N9O3. The van der Waals surface area contributed by atoms with Crippen LogP contribution in [0.2, 0.25) is 0 Å². The van der Waals surface area contributed by atoms with Gasteiger partial charge in [0.15, 0.2) is 23.1 Å². The van der Waals surface area contributed by atoms with Gasteiger partial charge < -0.3 is 20.7 Å². The third-order valence-corrected chi connectivity index (χ3v) is 5.06. The third-order valence-electron chi connectivity index (χ3n) is 5.06. The van der Waals surface area contributed by atoms with E-state index >= 15 is 0 Å². The van der Waals surface area contributed by atoms with E-state index < -0.39 is 12.9 Å². The highest BCUT2D eigenvalue weighted by Crippen LogP contribution is 2.39. The number of ether oxygens (including phenoxy) is 1. The Balaban J connectivity index is 1.71. The lowest BCUT2D eigenvalue weighted by Gasteiger charge is -2.15. The Morgan fingerprint density at radius 1 is 1.34 bits per heavy atom. The summed E-state index contributed by atoms with van der Waals surface area (Å²) in [7, 11) is 3.12. The maximum absolute atomic E-state index is 12.6. The number of aromatic nitrogens is 6. The number of hydrogen-bond acceptors (Lipinski definition) is 9. The number of carbonyl (C=O) groups is 2. The lowest BCUT2D eigenvalue weighted by molar-refractivity contribution is -0.117. The SMILES string of the molecule is [2H]C([2H])([2H])NC(=O)c1nnc(NC(=O)[C@H]2C[C@@H]2C)cc1Nc1nccc(-c2cnn(C)n2)c1OC. The topological polar surface area (TPSA) is 149 Å². The molecule has 3 aromatic rings. The largest absolute Gasteiger partial charge is 0.492 e. The molecule has 0 aromatic carbocycles. The summed E-state index contributed by atoms with van der Waals surface area (Å²) >= 11 is 0. The number of aryl methyl sites for hydroxylation is 1. The summed E-state index contributed by atoms with van der Waals surface area (Å²) in [6, 6.07) is 3.06. The Hall–Kier alpha value is -4.09. The van der Waals surface area contributed by atoms with Crippen LogP contribution >= 0.6 is 0 Å². The van der Waals surface area contributed by atoms with E-state index in [4.69, 9.17) is 8.85 Å². The lowest BCUT2D eigenvalue weighted by atomic mass is 10.2. The van der Waals surface area contributed by atoms with Crippen LogP contribution in [0.5, 0.6) is 5.75 Å². The summed E-state index contributed by atoms with van der Waals surface area (Å²) in [6.07, 6.45) is 3.83. The van der Waals surface area contributed by atoms with Crippen LogP contribution < -0.4 is 20.7 Å². The van der Waals surface area contributed by atoms with Gasteiger partial charge in [0.25, 0.3) is 5.91 Å². The van der Waals surface area contributed by atoms with Crippen LogP contribution in [0, 0.1) is 11.8 Å². The van der Waals surface area contributed by atoms with E-state index in [0.29, 0.717) is 17.0 Å². The van der Waals surface area contributed by atoms with E-state index in [9.17, 15) is 9.59 Å². The van der Waals surface area contributed by atoms with Gasteiger partial charge in [-0.2, -0.15) is 15.0 Å². The molecule has 2 amide bonds. The molecule has 1 saturated carbocycles. The molecule has 0 aliphatic heterocycles. The minimum atomic E-state index is -2.74. The number of anilines is 3. The van der Waals surface area contributed by atoms with Crippen LogP contribution in [0.4, 0.5) is 17.3 Å². The van der Waals surface area contributed by atoms with Crippen molar-refractivity contribution in [2.45, 2.75) is 13.3 Å². The molecule has 1 fully saturated rings. The molecule has 3 heterocycles. The number of methoxy groups -OCH3 is 1.